The van der Waals surface area contributed by atoms with Crippen LogP contribution in [0.25, 0.3) is 0 Å². The molecule has 0 bridgehead atoms. The average Bonchev–Trinajstić information content (AvgIpc) is 3.32. The highest BCUT2D eigenvalue weighted by molar-refractivity contribution is 14.0. The maximum atomic E-state index is 13.6. The van der Waals surface area contributed by atoms with Gasteiger partial charge in [-0.15, -0.1) is 35.3 Å². The number of rotatable bonds is 7. The number of guanidine groups is 1. The third-order valence-corrected chi connectivity index (χ3v) is 6.17. The third kappa shape index (κ3) is 5.42. The summed E-state index contributed by atoms with van der Waals surface area (Å²) in [6.07, 6.45) is 2.13. The number of nitrogens with zero attached hydrogens (tertiary/aromatic N) is 3. The van der Waals surface area contributed by atoms with Gasteiger partial charge in [0.1, 0.15) is 16.9 Å². The predicted molar refractivity (Wildman–Crippen MR) is 123 cm³/mol. The molecule has 0 amide bonds. The van der Waals surface area contributed by atoms with E-state index in [1.807, 2.05) is 20.0 Å². The molecule has 3 rings (SSSR count). The van der Waals surface area contributed by atoms with Crippen molar-refractivity contribution in [1.29, 1.82) is 0 Å². The Morgan fingerprint density at radius 3 is 2.82 bits per heavy atom. The van der Waals surface area contributed by atoms with Gasteiger partial charge in [-0.25, -0.2) is 9.37 Å². The maximum absolute atomic E-state index is 13.6. The second-order valence-electron chi connectivity index (χ2n) is 7.10. The van der Waals surface area contributed by atoms with Crippen LogP contribution < -0.4 is 5.32 Å². The molecule has 8 heteroatoms. The molecule has 0 radical (unpaired) electrons. The van der Waals surface area contributed by atoms with Crippen LogP contribution in [0.4, 0.5) is 4.39 Å². The molecular weight excluding hydrogens is 490 g/mol. The first-order valence-corrected chi connectivity index (χ1v) is 10.0. The monoisotopic (exact) mass is 518 g/mol. The number of hydrogen-bond acceptors (Lipinski definition) is 4. The van der Waals surface area contributed by atoms with Gasteiger partial charge in [0.25, 0.3) is 0 Å². The van der Waals surface area contributed by atoms with Crippen LogP contribution in [0.2, 0.25) is 0 Å². The van der Waals surface area contributed by atoms with E-state index in [1.54, 1.807) is 37.6 Å². The highest BCUT2D eigenvalue weighted by atomic mass is 127. The van der Waals surface area contributed by atoms with Crippen molar-refractivity contribution in [3.05, 3.63) is 51.7 Å². The Morgan fingerprint density at radius 1 is 1.46 bits per heavy atom. The largest absolute Gasteiger partial charge is 0.375 e. The van der Waals surface area contributed by atoms with Gasteiger partial charge in [0.15, 0.2) is 5.96 Å². The number of aromatic nitrogens is 1. The quantitative estimate of drug-likeness (QED) is 0.337. The topological polar surface area (TPSA) is 49.8 Å². The highest BCUT2D eigenvalue weighted by Crippen LogP contribution is 2.47. The summed E-state index contributed by atoms with van der Waals surface area (Å²) < 4.78 is 18.9. The molecule has 2 aromatic rings. The maximum Gasteiger partial charge on any atom is 0.193 e. The first-order chi connectivity index (χ1) is 13.0. The van der Waals surface area contributed by atoms with Gasteiger partial charge < -0.3 is 15.0 Å². The molecular formula is C20H28FIN4OS. The van der Waals surface area contributed by atoms with Crippen molar-refractivity contribution in [3.63, 3.8) is 0 Å². The van der Waals surface area contributed by atoms with E-state index in [9.17, 15) is 4.39 Å². The van der Waals surface area contributed by atoms with E-state index in [0.717, 1.165) is 41.6 Å². The predicted octanol–water partition coefficient (Wildman–Crippen LogP) is 4.35. The summed E-state index contributed by atoms with van der Waals surface area (Å²) in [7, 11) is 5.46. The van der Waals surface area contributed by atoms with Crippen molar-refractivity contribution < 1.29 is 9.13 Å². The van der Waals surface area contributed by atoms with Gasteiger partial charge in [-0.05, 0) is 37.5 Å². The summed E-state index contributed by atoms with van der Waals surface area (Å²) in [5, 5.41) is 6.49. The van der Waals surface area contributed by atoms with Gasteiger partial charge in [0, 0.05) is 38.5 Å². The van der Waals surface area contributed by atoms with Gasteiger partial charge in [0.2, 0.25) is 0 Å². The van der Waals surface area contributed by atoms with Crippen LogP contribution in [-0.4, -0.2) is 43.6 Å². The molecule has 154 valence electrons. The Hall–Kier alpha value is -1.26. The van der Waals surface area contributed by atoms with Gasteiger partial charge in [0.05, 0.1) is 12.2 Å². The average molecular weight is 518 g/mol. The van der Waals surface area contributed by atoms with Crippen molar-refractivity contribution in [2.24, 2.45) is 4.99 Å². The number of hydrogen-bond donors (Lipinski definition) is 1. The summed E-state index contributed by atoms with van der Waals surface area (Å²) in [5.74, 6) is 0.636. The van der Waals surface area contributed by atoms with Crippen molar-refractivity contribution in [1.82, 2.24) is 15.2 Å². The van der Waals surface area contributed by atoms with Crippen LogP contribution in [0, 0.1) is 5.82 Å². The summed E-state index contributed by atoms with van der Waals surface area (Å²) in [4.78, 5) is 11.1. The lowest BCUT2D eigenvalue weighted by Crippen LogP contribution is -2.42. The Balaban J connectivity index is 0.00000280. The van der Waals surface area contributed by atoms with Gasteiger partial charge >= 0.3 is 0 Å². The van der Waals surface area contributed by atoms with Crippen LogP contribution in [0.15, 0.2) is 34.6 Å². The molecule has 28 heavy (non-hydrogen) atoms. The molecule has 0 spiro atoms. The number of ether oxygens (including phenoxy) is 1. The lowest BCUT2D eigenvalue weighted by atomic mass is 9.96. The van der Waals surface area contributed by atoms with E-state index in [-0.39, 0.29) is 41.3 Å². The fourth-order valence-corrected chi connectivity index (χ4v) is 4.01. The number of thiazole rings is 1. The molecule has 1 heterocycles. The molecule has 0 saturated heterocycles. The zero-order chi connectivity index (χ0) is 19.4. The molecule has 1 unspecified atom stereocenters. The van der Waals surface area contributed by atoms with Crippen LogP contribution in [0.3, 0.4) is 0 Å². The third-order valence-electron chi connectivity index (χ3n) is 5.12. The molecule has 1 aromatic carbocycles. The van der Waals surface area contributed by atoms with E-state index >= 15 is 0 Å². The standard InChI is InChI=1S/C20H27FN4OS.HI/c1-14(26-4)18-24-17(12-27-18)11-25(3)19(22-2)23-13-20(8-9-20)15-6-5-7-16(21)10-15;/h5-7,10,12,14H,8-9,11,13H2,1-4H3,(H,22,23);1H. The molecule has 1 aliphatic carbocycles. The molecule has 1 aromatic heterocycles. The smallest absolute Gasteiger partial charge is 0.193 e. The minimum atomic E-state index is -0.176. The zero-order valence-corrected chi connectivity index (χ0v) is 19.9. The Kier molecular flexibility index (Phi) is 8.20. The van der Waals surface area contributed by atoms with Crippen molar-refractivity contribution >= 4 is 41.3 Å². The fourth-order valence-electron chi connectivity index (χ4n) is 3.17. The van der Waals surface area contributed by atoms with Crippen LogP contribution in [0.1, 0.15) is 42.1 Å². The zero-order valence-electron chi connectivity index (χ0n) is 16.7. The lowest BCUT2D eigenvalue weighted by molar-refractivity contribution is 0.119. The Bertz CT molecular complexity index is 809. The van der Waals surface area contributed by atoms with E-state index in [0.29, 0.717) is 6.54 Å². The summed E-state index contributed by atoms with van der Waals surface area (Å²) in [6.45, 7) is 3.41. The fraction of sp³-hybridized carbons (Fsp3) is 0.500. The molecule has 1 aliphatic rings. The highest BCUT2D eigenvalue weighted by Gasteiger charge is 2.44. The van der Waals surface area contributed by atoms with Crippen LogP contribution >= 0.6 is 35.3 Å². The molecule has 1 fully saturated rings. The lowest BCUT2D eigenvalue weighted by Gasteiger charge is -2.24. The second kappa shape index (κ2) is 9.98. The van der Waals surface area contributed by atoms with E-state index in [4.69, 9.17) is 4.74 Å². The van der Waals surface area contributed by atoms with Crippen molar-refractivity contribution in [2.75, 3.05) is 27.7 Å². The second-order valence-corrected chi connectivity index (χ2v) is 7.99. The first kappa shape index (κ1) is 23.0. The number of nitrogens with one attached hydrogen (secondary N) is 1. The van der Waals surface area contributed by atoms with Crippen LogP contribution in [-0.2, 0) is 16.7 Å². The van der Waals surface area contributed by atoms with Crippen molar-refractivity contribution in [3.8, 4) is 0 Å². The summed E-state index contributed by atoms with van der Waals surface area (Å²) >= 11 is 1.61. The molecule has 1 saturated carbocycles. The number of methoxy groups -OCH3 is 1. The first-order valence-electron chi connectivity index (χ1n) is 9.12. The Labute approximate surface area is 187 Å². The van der Waals surface area contributed by atoms with Gasteiger partial charge in [-0.3, -0.25) is 4.99 Å². The van der Waals surface area contributed by atoms with E-state index in [1.165, 1.54) is 6.07 Å². The SMILES string of the molecule is CN=C(NCC1(c2cccc(F)c2)CC1)N(C)Cc1csc(C(C)OC)n1.I. The summed E-state index contributed by atoms with van der Waals surface area (Å²) in [5.41, 5.74) is 2.07. The van der Waals surface area contributed by atoms with E-state index < -0.39 is 0 Å². The number of halogens is 2. The number of aliphatic imine (C=N–C) groups is 1. The number of benzene rings is 1. The van der Waals surface area contributed by atoms with Gasteiger partial charge in [-0.1, -0.05) is 12.1 Å². The van der Waals surface area contributed by atoms with Crippen LogP contribution in [0.5, 0.6) is 0 Å². The Morgan fingerprint density at radius 2 is 2.21 bits per heavy atom. The minimum absolute atomic E-state index is 0. The van der Waals surface area contributed by atoms with Gasteiger partial charge in [-0.2, -0.15) is 0 Å². The summed E-state index contributed by atoms with van der Waals surface area (Å²) in [6, 6.07) is 6.94. The molecule has 1 N–H and O–H groups in total. The van der Waals surface area contributed by atoms with E-state index in [2.05, 4.69) is 25.6 Å². The normalized spacial score (nSPS) is 16.2. The minimum Gasteiger partial charge on any atom is -0.375 e. The molecule has 1 atom stereocenters. The molecule has 5 nitrogen and oxygen atoms in total. The van der Waals surface area contributed by atoms with Crippen molar-refractivity contribution in [2.45, 2.75) is 37.8 Å². The molecule has 0 aliphatic heterocycles.